The molecule has 1 fully saturated rings. The summed E-state index contributed by atoms with van der Waals surface area (Å²) in [5.41, 5.74) is 1.57. The first-order valence-electron chi connectivity index (χ1n) is 6.46. The van der Waals surface area contributed by atoms with Gasteiger partial charge in [-0.1, -0.05) is 6.58 Å². The van der Waals surface area contributed by atoms with Gasteiger partial charge in [0.1, 0.15) is 18.0 Å². The first-order valence-corrected chi connectivity index (χ1v) is 6.46. The number of hydrogen-bond donors (Lipinski definition) is 0. The van der Waals surface area contributed by atoms with Crippen molar-refractivity contribution in [3.8, 4) is 5.75 Å². The molecule has 0 aromatic heterocycles. The molecular weight excluding hydrogens is 260 g/mol. The molecule has 0 N–H and O–H groups in total. The zero-order valence-corrected chi connectivity index (χ0v) is 11.5. The van der Waals surface area contributed by atoms with Crippen molar-refractivity contribution in [1.82, 2.24) is 0 Å². The van der Waals surface area contributed by atoms with Crippen molar-refractivity contribution in [3.05, 3.63) is 40.5 Å². The normalized spacial score (nSPS) is 14.9. The Morgan fingerprint density at radius 1 is 1.50 bits per heavy atom. The van der Waals surface area contributed by atoms with Gasteiger partial charge in [0.15, 0.2) is 0 Å². The summed E-state index contributed by atoms with van der Waals surface area (Å²) >= 11 is 0. The number of rotatable bonds is 5. The van der Waals surface area contributed by atoms with Gasteiger partial charge >= 0.3 is 0 Å². The van der Waals surface area contributed by atoms with Crippen LogP contribution in [0.3, 0.4) is 0 Å². The predicted molar refractivity (Wildman–Crippen MR) is 76.4 cm³/mol. The van der Waals surface area contributed by atoms with Gasteiger partial charge < -0.3 is 14.4 Å². The van der Waals surface area contributed by atoms with E-state index in [2.05, 4.69) is 6.58 Å². The number of nitro groups is 1. The summed E-state index contributed by atoms with van der Waals surface area (Å²) in [7, 11) is 0. The van der Waals surface area contributed by atoms with Crippen LogP contribution < -0.4 is 9.64 Å². The van der Waals surface area contributed by atoms with E-state index in [1.165, 1.54) is 6.07 Å². The second-order valence-electron chi connectivity index (χ2n) is 4.75. The Hall–Kier alpha value is -2.08. The lowest BCUT2D eigenvalue weighted by Crippen LogP contribution is -2.36. The van der Waals surface area contributed by atoms with Gasteiger partial charge in [-0.2, -0.15) is 0 Å². The van der Waals surface area contributed by atoms with Gasteiger partial charge in [-0.05, 0) is 18.6 Å². The number of benzene rings is 1. The summed E-state index contributed by atoms with van der Waals surface area (Å²) < 4.78 is 10.8. The highest BCUT2D eigenvalue weighted by Crippen LogP contribution is 2.32. The van der Waals surface area contributed by atoms with Crippen LogP contribution in [0.2, 0.25) is 0 Å². The van der Waals surface area contributed by atoms with Crippen molar-refractivity contribution in [1.29, 1.82) is 0 Å². The molecule has 20 heavy (non-hydrogen) atoms. The molecule has 1 aromatic carbocycles. The Morgan fingerprint density at radius 2 is 2.20 bits per heavy atom. The topological polar surface area (TPSA) is 64.8 Å². The Morgan fingerprint density at radius 3 is 2.80 bits per heavy atom. The Bertz CT molecular complexity index is 510. The molecule has 1 aromatic rings. The fraction of sp³-hybridized carbons (Fsp3) is 0.429. The molecule has 0 radical (unpaired) electrons. The van der Waals surface area contributed by atoms with E-state index in [0.29, 0.717) is 44.3 Å². The van der Waals surface area contributed by atoms with Crippen LogP contribution in [0.25, 0.3) is 0 Å². The highest BCUT2D eigenvalue weighted by atomic mass is 16.6. The highest BCUT2D eigenvalue weighted by Gasteiger charge is 2.22. The summed E-state index contributed by atoms with van der Waals surface area (Å²) in [6, 6.07) is 4.82. The molecule has 1 heterocycles. The third-order valence-electron chi connectivity index (χ3n) is 2.98. The fourth-order valence-electron chi connectivity index (χ4n) is 2.01. The molecule has 108 valence electrons. The first-order chi connectivity index (χ1) is 9.58. The maximum atomic E-state index is 11.1. The number of anilines is 1. The van der Waals surface area contributed by atoms with Crippen molar-refractivity contribution >= 4 is 11.4 Å². The fourth-order valence-corrected chi connectivity index (χ4v) is 2.01. The summed E-state index contributed by atoms with van der Waals surface area (Å²) in [5, 5.41) is 11.1. The molecule has 0 unspecified atom stereocenters. The lowest BCUT2D eigenvalue weighted by Gasteiger charge is -2.28. The molecule has 0 atom stereocenters. The summed E-state index contributed by atoms with van der Waals surface area (Å²) in [5.74, 6) is 0.611. The van der Waals surface area contributed by atoms with E-state index in [9.17, 15) is 10.1 Å². The third kappa shape index (κ3) is 3.48. The molecule has 0 amide bonds. The van der Waals surface area contributed by atoms with E-state index in [1.807, 2.05) is 11.8 Å². The Kier molecular flexibility index (Phi) is 4.57. The monoisotopic (exact) mass is 278 g/mol. The van der Waals surface area contributed by atoms with Crippen LogP contribution in [0.1, 0.15) is 6.92 Å². The minimum Gasteiger partial charge on any atom is -0.489 e. The third-order valence-corrected chi connectivity index (χ3v) is 2.98. The zero-order valence-electron chi connectivity index (χ0n) is 11.5. The second kappa shape index (κ2) is 6.38. The zero-order chi connectivity index (χ0) is 14.5. The van der Waals surface area contributed by atoms with Crippen LogP contribution in [0.4, 0.5) is 11.4 Å². The van der Waals surface area contributed by atoms with Gasteiger partial charge in [-0.3, -0.25) is 10.1 Å². The van der Waals surface area contributed by atoms with Crippen molar-refractivity contribution in [2.75, 3.05) is 37.8 Å². The average molecular weight is 278 g/mol. The van der Waals surface area contributed by atoms with E-state index in [-0.39, 0.29) is 10.6 Å². The van der Waals surface area contributed by atoms with Gasteiger partial charge in [-0.15, -0.1) is 0 Å². The quantitative estimate of drug-likeness (QED) is 0.470. The molecule has 0 bridgehead atoms. The maximum Gasteiger partial charge on any atom is 0.292 e. The molecule has 1 saturated heterocycles. The minimum atomic E-state index is -0.368. The van der Waals surface area contributed by atoms with Crippen LogP contribution >= 0.6 is 0 Å². The lowest BCUT2D eigenvalue weighted by atomic mass is 10.2. The molecule has 0 spiro atoms. The lowest BCUT2D eigenvalue weighted by molar-refractivity contribution is -0.384. The van der Waals surface area contributed by atoms with E-state index in [0.717, 1.165) is 5.57 Å². The van der Waals surface area contributed by atoms with Crippen molar-refractivity contribution in [3.63, 3.8) is 0 Å². The first kappa shape index (κ1) is 14.3. The van der Waals surface area contributed by atoms with Gasteiger partial charge in [-0.25, -0.2) is 0 Å². The summed E-state index contributed by atoms with van der Waals surface area (Å²) in [6.45, 7) is 8.48. The van der Waals surface area contributed by atoms with Crippen LogP contribution in [-0.2, 0) is 4.74 Å². The molecular formula is C14H18N2O4. The van der Waals surface area contributed by atoms with Gasteiger partial charge in [0, 0.05) is 25.2 Å². The summed E-state index contributed by atoms with van der Waals surface area (Å²) in [4.78, 5) is 12.7. The number of morpholine rings is 1. The van der Waals surface area contributed by atoms with E-state index in [4.69, 9.17) is 9.47 Å². The second-order valence-corrected chi connectivity index (χ2v) is 4.75. The molecule has 2 rings (SSSR count). The Labute approximate surface area is 117 Å². The number of nitrogens with zero attached hydrogens (tertiary/aromatic N) is 2. The number of ether oxygens (including phenoxy) is 2. The van der Waals surface area contributed by atoms with Crippen molar-refractivity contribution in [2.24, 2.45) is 0 Å². The van der Waals surface area contributed by atoms with Crippen LogP contribution in [0, 0.1) is 10.1 Å². The van der Waals surface area contributed by atoms with Crippen molar-refractivity contribution < 1.29 is 14.4 Å². The van der Waals surface area contributed by atoms with Crippen molar-refractivity contribution in [2.45, 2.75) is 6.92 Å². The largest absolute Gasteiger partial charge is 0.489 e. The molecule has 0 aliphatic carbocycles. The van der Waals surface area contributed by atoms with Gasteiger partial charge in [0.2, 0.25) is 0 Å². The average Bonchev–Trinajstić information content (AvgIpc) is 2.45. The maximum absolute atomic E-state index is 11.1. The Balaban J connectivity index is 2.26. The SMILES string of the molecule is C=C(C)COc1ccc([N+](=O)[O-])c(N2CCOCC2)c1. The van der Waals surface area contributed by atoms with E-state index in [1.54, 1.807) is 12.1 Å². The standard InChI is InChI=1S/C14H18N2O4/c1-11(2)10-20-12-3-4-13(16(17)18)14(9-12)15-5-7-19-8-6-15/h3-4,9H,1,5-8,10H2,2H3. The number of nitro benzene ring substituents is 1. The van der Waals surface area contributed by atoms with Crippen LogP contribution in [0.15, 0.2) is 30.4 Å². The van der Waals surface area contributed by atoms with Crippen LogP contribution in [0.5, 0.6) is 5.75 Å². The molecule has 0 saturated carbocycles. The van der Waals surface area contributed by atoms with E-state index < -0.39 is 0 Å². The predicted octanol–water partition coefficient (Wildman–Crippen LogP) is 2.39. The van der Waals surface area contributed by atoms with Gasteiger partial charge in [0.25, 0.3) is 5.69 Å². The highest BCUT2D eigenvalue weighted by molar-refractivity contribution is 5.66. The smallest absolute Gasteiger partial charge is 0.292 e. The van der Waals surface area contributed by atoms with Gasteiger partial charge in [0.05, 0.1) is 18.1 Å². The van der Waals surface area contributed by atoms with E-state index >= 15 is 0 Å². The number of hydrogen-bond acceptors (Lipinski definition) is 5. The molecule has 6 heteroatoms. The summed E-state index contributed by atoms with van der Waals surface area (Å²) in [6.07, 6.45) is 0. The minimum absolute atomic E-state index is 0.0922. The van der Waals surface area contributed by atoms with Crippen LogP contribution in [-0.4, -0.2) is 37.8 Å². The molecule has 1 aliphatic heterocycles. The molecule has 1 aliphatic rings. The molecule has 6 nitrogen and oxygen atoms in total.